The first kappa shape index (κ1) is 20.6. The molecule has 158 valence electrons. The number of anilines is 1. The van der Waals surface area contributed by atoms with Crippen LogP contribution in [0.5, 0.6) is 11.8 Å². The van der Waals surface area contributed by atoms with Gasteiger partial charge in [-0.1, -0.05) is 0 Å². The first-order chi connectivity index (χ1) is 13.5. The highest BCUT2D eigenvalue weighted by Crippen LogP contribution is 2.36. The smallest absolute Gasteiger partial charge is 0.437 e. The van der Waals surface area contributed by atoms with E-state index in [2.05, 4.69) is 20.2 Å². The van der Waals surface area contributed by atoms with Gasteiger partial charge in [0.05, 0.1) is 26.1 Å². The minimum atomic E-state index is -4.87. The molecule has 3 aromatic heterocycles. The number of nitrogens with one attached hydrogen (secondary N) is 1. The molecule has 3 heterocycles. The molecular formula is C14H16F3N7O4S. The van der Waals surface area contributed by atoms with Crippen LogP contribution < -0.4 is 14.2 Å². The Kier molecular flexibility index (Phi) is 5.02. The van der Waals surface area contributed by atoms with E-state index in [9.17, 15) is 21.6 Å². The van der Waals surface area contributed by atoms with Gasteiger partial charge in [-0.05, 0) is 13.8 Å². The standard InChI is InChI=1S/C14H16F3N7O4S/c1-5-23-7(2)9(10(20-23)14(15,16)17)22-29(25,26)12-19-11-8(27-3)6-18-13(28-4)24(11)21-12/h6,22H,5H2,1-4H3. The van der Waals surface area contributed by atoms with Crippen molar-refractivity contribution in [2.24, 2.45) is 0 Å². The molecule has 0 aliphatic carbocycles. The van der Waals surface area contributed by atoms with Crippen LogP contribution in [-0.2, 0) is 22.7 Å². The van der Waals surface area contributed by atoms with Gasteiger partial charge >= 0.3 is 12.2 Å². The summed E-state index contributed by atoms with van der Waals surface area (Å²) in [7, 11) is -2.02. The molecule has 11 nitrogen and oxygen atoms in total. The van der Waals surface area contributed by atoms with Crippen LogP contribution in [-0.4, -0.2) is 52.0 Å². The highest BCUT2D eigenvalue weighted by molar-refractivity contribution is 7.92. The van der Waals surface area contributed by atoms with Crippen molar-refractivity contribution in [3.8, 4) is 11.8 Å². The maximum absolute atomic E-state index is 13.3. The molecular weight excluding hydrogens is 419 g/mol. The van der Waals surface area contributed by atoms with Crippen LogP contribution in [0.2, 0.25) is 0 Å². The van der Waals surface area contributed by atoms with E-state index in [-0.39, 0.29) is 29.6 Å². The number of rotatable bonds is 6. The Hall–Kier alpha value is -3.10. The highest BCUT2D eigenvalue weighted by atomic mass is 32.2. The second-order valence-electron chi connectivity index (χ2n) is 5.67. The number of aromatic nitrogens is 6. The fourth-order valence-corrected chi connectivity index (χ4v) is 3.56. The monoisotopic (exact) mass is 435 g/mol. The Balaban J connectivity index is 2.13. The number of sulfonamides is 1. The predicted octanol–water partition coefficient (Wildman–Crippen LogP) is 1.49. The van der Waals surface area contributed by atoms with Gasteiger partial charge in [-0.25, -0.2) is 0 Å². The second-order valence-corrected chi connectivity index (χ2v) is 7.25. The topological polar surface area (TPSA) is 126 Å². The molecule has 0 bridgehead atoms. The Bertz CT molecular complexity index is 1130. The third-order valence-corrected chi connectivity index (χ3v) is 5.06. The van der Waals surface area contributed by atoms with Crippen LogP contribution in [0, 0.1) is 6.92 Å². The van der Waals surface area contributed by atoms with E-state index in [1.165, 1.54) is 27.3 Å². The first-order valence-electron chi connectivity index (χ1n) is 8.04. The van der Waals surface area contributed by atoms with Crippen LogP contribution in [0.15, 0.2) is 11.4 Å². The molecule has 0 saturated carbocycles. The highest BCUT2D eigenvalue weighted by Gasteiger charge is 2.40. The number of aryl methyl sites for hydroxylation is 1. The molecule has 0 spiro atoms. The molecule has 3 aromatic rings. The number of methoxy groups -OCH3 is 2. The average Bonchev–Trinajstić information content (AvgIpc) is 3.23. The zero-order valence-corrected chi connectivity index (χ0v) is 16.5. The number of hydrogen-bond acceptors (Lipinski definition) is 8. The number of fused-ring (bicyclic) bond motifs is 1. The molecule has 3 rings (SSSR count). The first-order valence-corrected chi connectivity index (χ1v) is 9.53. The van der Waals surface area contributed by atoms with Gasteiger partial charge in [0.1, 0.15) is 5.69 Å². The lowest BCUT2D eigenvalue weighted by Gasteiger charge is -2.08. The van der Waals surface area contributed by atoms with Crippen molar-refractivity contribution >= 4 is 21.4 Å². The molecule has 0 saturated heterocycles. The van der Waals surface area contributed by atoms with E-state index in [0.29, 0.717) is 0 Å². The lowest BCUT2D eigenvalue weighted by atomic mass is 10.3. The summed E-state index contributed by atoms with van der Waals surface area (Å²) in [6, 6.07) is -0.0966. The average molecular weight is 435 g/mol. The lowest BCUT2D eigenvalue weighted by Crippen LogP contribution is -2.18. The van der Waals surface area contributed by atoms with Gasteiger partial charge in [-0.2, -0.15) is 41.2 Å². The SMILES string of the molecule is CCn1nc(C(F)(F)F)c(NS(=O)(=O)c2nc3c(OC)cnc(OC)n3n2)c1C. The van der Waals surface area contributed by atoms with E-state index >= 15 is 0 Å². The molecule has 0 fully saturated rings. The molecule has 0 aliphatic rings. The Morgan fingerprint density at radius 1 is 1.21 bits per heavy atom. The van der Waals surface area contributed by atoms with Crippen LogP contribution in [0.4, 0.5) is 18.9 Å². The Labute approximate surface area is 162 Å². The third kappa shape index (κ3) is 3.52. The third-order valence-electron chi connectivity index (χ3n) is 3.94. The van der Waals surface area contributed by atoms with Crippen molar-refractivity contribution in [3.05, 3.63) is 17.6 Å². The van der Waals surface area contributed by atoms with Crippen molar-refractivity contribution in [1.82, 2.24) is 29.4 Å². The number of alkyl halides is 3. The maximum atomic E-state index is 13.3. The molecule has 0 atom stereocenters. The van der Waals surface area contributed by atoms with Gasteiger partial charge in [0.2, 0.25) is 5.65 Å². The summed E-state index contributed by atoms with van der Waals surface area (Å²) in [6.45, 7) is 3.01. The van der Waals surface area contributed by atoms with E-state index < -0.39 is 32.7 Å². The Morgan fingerprint density at radius 2 is 1.90 bits per heavy atom. The zero-order valence-electron chi connectivity index (χ0n) is 15.6. The quantitative estimate of drug-likeness (QED) is 0.617. The van der Waals surface area contributed by atoms with Crippen molar-refractivity contribution in [3.63, 3.8) is 0 Å². The normalized spacial score (nSPS) is 12.4. The van der Waals surface area contributed by atoms with Crippen LogP contribution in [0.25, 0.3) is 5.65 Å². The molecule has 15 heteroatoms. The van der Waals surface area contributed by atoms with E-state index in [0.717, 1.165) is 9.20 Å². The predicted molar refractivity (Wildman–Crippen MR) is 92.3 cm³/mol. The molecule has 0 unspecified atom stereocenters. The number of halogens is 3. The van der Waals surface area contributed by atoms with Gasteiger partial charge < -0.3 is 9.47 Å². The molecule has 29 heavy (non-hydrogen) atoms. The van der Waals surface area contributed by atoms with E-state index in [4.69, 9.17) is 9.47 Å². The molecule has 0 aromatic carbocycles. The van der Waals surface area contributed by atoms with E-state index in [1.807, 2.05) is 4.72 Å². The van der Waals surface area contributed by atoms with Crippen LogP contribution in [0.3, 0.4) is 0 Å². The largest absolute Gasteiger partial charge is 0.491 e. The molecule has 1 N–H and O–H groups in total. The minimum Gasteiger partial charge on any atom is -0.491 e. The summed E-state index contributed by atoms with van der Waals surface area (Å²) in [5.41, 5.74) is -2.11. The summed E-state index contributed by atoms with van der Waals surface area (Å²) in [5, 5.41) is 6.44. The number of nitrogens with zero attached hydrogens (tertiary/aromatic N) is 6. The van der Waals surface area contributed by atoms with Crippen molar-refractivity contribution in [2.45, 2.75) is 31.7 Å². The summed E-state index contributed by atoms with van der Waals surface area (Å²) in [4.78, 5) is 7.74. The van der Waals surface area contributed by atoms with Gasteiger partial charge in [0.15, 0.2) is 11.4 Å². The Morgan fingerprint density at radius 3 is 2.45 bits per heavy atom. The summed E-state index contributed by atoms with van der Waals surface area (Å²) in [6.07, 6.45) is -3.63. The molecule has 0 amide bonds. The van der Waals surface area contributed by atoms with Gasteiger partial charge in [-0.3, -0.25) is 9.40 Å². The zero-order chi connectivity index (χ0) is 21.6. The number of hydrogen-bond donors (Lipinski definition) is 1. The maximum Gasteiger partial charge on any atom is 0.437 e. The summed E-state index contributed by atoms with van der Waals surface area (Å²) < 4.78 is 79.4. The fraction of sp³-hybridized carbons (Fsp3) is 0.429. The van der Waals surface area contributed by atoms with Crippen molar-refractivity contribution in [2.75, 3.05) is 18.9 Å². The summed E-state index contributed by atoms with van der Waals surface area (Å²) >= 11 is 0. The molecule has 0 aliphatic heterocycles. The second kappa shape index (κ2) is 7.06. The number of ether oxygens (including phenoxy) is 2. The lowest BCUT2D eigenvalue weighted by molar-refractivity contribution is -0.140. The minimum absolute atomic E-state index is 0.0102. The van der Waals surface area contributed by atoms with Gasteiger partial charge in [0, 0.05) is 6.54 Å². The fourth-order valence-electron chi connectivity index (χ4n) is 2.56. The van der Waals surface area contributed by atoms with Crippen LogP contribution in [0.1, 0.15) is 18.3 Å². The van der Waals surface area contributed by atoms with Crippen LogP contribution >= 0.6 is 0 Å². The van der Waals surface area contributed by atoms with Crippen molar-refractivity contribution < 1.29 is 31.1 Å². The summed E-state index contributed by atoms with van der Waals surface area (Å²) in [5.74, 6) is 0.0886. The molecule has 0 radical (unpaired) electrons. The van der Waals surface area contributed by atoms with Gasteiger partial charge in [0.25, 0.3) is 15.2 Å². The van der Waals surface area contributed by atoms with E-state index in [1.54, 1.807) is 6.92 Å². The van der Waals surface area contributed by atoms with Crippen molar-refractivity contribution in [1.29, 1.82) is 0 Å². The van der Waals surface area contributed by atoms with Gasteiger partial charge in [-0.15, -0.1) is 5.10 Å².